The van der Waals surface area contributed by atoms with Gasteiger partial charge in [-0.05, 0) is 49.6 Å². The van der Waals surface area contributed by atoms with Crippen molar-refractivity contribution in [2.24, 2.45) is 11.8 Å². The number of nitrogens with zero attached hydrogens (tertiary/aromatic N) is 1. The maximum Gasteiger partial charge on any atom is 0.230 e. The van der Waals surface area contributed by atoms with Gasteiger partial charge in [0.1, 0.15) is 0 Å². The summed E-state index contributed by atoms with van der Waals surface area (Å²) >= 11 is 5.87. The van der Waals surface area contributed by atoms with Gasteiger partial charge in [-0.3, -0.25) is 9.59 Å². The molecular weight excluding hydrogens is 348 g/mol. The Labute approximate surface area is 159 Å². The van der Waals surface area contributed by atoms with Crippen molar-refractivity contribution in [2.75, 3.05) is 18.0 Å². The van der Waals surface area contributed by atoms with Crippen molar-refractivity contribution in [3.63, 3.8) is 0 Å². The molecule has 0 saturated heterocycles. The number of carbonyl (C=O) groups is 2. The van der Waals surface area contributed by atoms with E-state index in [0.717, 1.165) is 17.7 Å². The molecule has 0 radical (unpaired) electrons. The van der Waals surface area contributed by atoms with E-state index in [1.165, 1.54) is 0 Å². The number of hydrogen-bond donors (Lipinski definition) is 1. The molecule has 26 heavy (non-hydrogen) atoms. The first-order valence-electron chi connectivity index (χ1n) is 8.98. The van der Waals surface area contributed by atoms with Crippen LogP contribution in [0.3, 0.4) is 0 Å². The number of carbonyl (C=O) groups excluding carboxylic acids is 2. The van der Waals surface area contributed by atoms with Crippen molar-refractivity contribution in [3.8, 4) is 0 Å². The molecule has 5 heteroatoms. The molecule has 2 unspecified atom stereocenters. The van der Waals surface area contributed by atoms with Crippen LogP contribution in [-0.2, 0) is 16.0 Å². The fourth-order valence-corrected chi connectivity index (χ4v) is 3.27. The highest BCUT2D eigenvalue weighted by Crippen LogP contribution is 2.40. The molecule has 0 aromatic heterocycles. The number of para-hydroxylation sites is 1. The standard InChI is InChI=1S/C21H23ClN2O2/c1-2-24(17-6-4-3-5-7-17)21(26)19-14-18(19)20(25)23-13-12-15-8-10-16(22)11-9-15/h3-11,18-19H,2,12-14H2,1H3,(H,23,25). The number of amides is 2. The van der Waals surface area contributed by atoms with Gasteiger partial charge in [0.05, 0.1) is 11.8 Å². The predicted molar refractivity (Wildman–Crippen MR) is 104 cm³/mol. The summed E-state index contributed by atoms with van der Waals surface area (Å²) in [5, 5.41) is 3.65. The molecule has 3 rings (SSSR count). The SMILES string of the molecule is CCN(C(=O)C1CC1C(=O)NCCc1ccc(Cl)cc1)c1ccccc1. The number of rotatable bonds is 7. The van der Waals surface area contributed by atoms with Crippen LogP contribution in [0.4, 0.5) is 5.69 Å². The molecule has 0 spiro atoms. The first-order chi connectivity index (χ1) is 12.6. The van der Waals surface area contributed by atoms with Crippen molar-refractivity contribution in [1.29, 1.82) is 0 Å². The van der Waals surface area contributed by atoms with Gasteiger partial charge in [-0.1, -0.05) is 41.9 Å². The van der Waals surface area contributed by atoms with E-state index in [1.807, 2.05) is 61.5 Å². The van der Waals surface area contributed by atoms with E-state index < -0.39 is 0 Å². The van der Waals surface area contributed by atoms with Crippen LogP contribution < -0.4 is 10.2 Å². The molecule has 2 aromatic carbocycles. The molecule has 1 aliphatic carbocycles. The van der Waals surface area contributed by atoms with Gasteiger partial charge in [0.25, 0.3) is 0 Å². The summed E-state index contributed by atoms with van der Waals surface area (Å²) in [6.07, 6.45) is 1.38. The first-order valence-corrected chi connectivity index (χ1v) is 9.36. The largest absolute Gasteiger partial charge is 0.356 e. The molecule has 4 nitrogen and oxygen atoms in total. The maximum absolute atomic E-state index is 12.7. The normalized spacial score (nSPS) is 18.2. The van der Waals surface area contributed by atoms with Gasteiger partial charge in [-0.2, -0.15) is 0 Å². The maximum atomic E-state index is 12.7. The Kier molecular flexibility index (Phi) is 5.94. The Hall–Kier alpha value is -2.33. The third kappa shape index (κ3) is 4.44. The van der Waals surface area contributed by atoms with Gasteiger partial charge in [0.2, 0.25) is 11.8 Å². The van der Waals surface area contributed by atoms with Gasteiger partial charge in [-0.15, -0.1) is 0 Å². The lowest BCUT2D eigenvalue weighted by molar-refractivity contribution is -0.126. The van der Waals surface area contributed by atoms with Crippen LogP contribution in [0.5, 0.6) is 0 Å². The summed E-state index contributed by atoms with van der Waals surface area (Å²) in [7, 11) is 0. The van der Waals surface area contributed by atoms with E-state index in [9.17, 15) is 9.59 Å². The fourth-order valence-electron chi connectivity index (χ4n) is 3.14. The second-order valence-electron chi connectivity index (χ2n) is 6.53. The van der Waals surface area contributed by atoms with E-state index >= 15 is 0 Å². The molecule has 2 atom stereocenters. The van der Waals surface area contributed by atoms with Crippen LogP contribution >= 0.6 is 11.6 Å². The predicted octanol–water partition coefficient (Wildman–Crippen LogP) is 3.69. The van der Waals surface area contributed by atoms with Crippen molar-refractivity contribution < 1.29 is 9.59 Å². The highest BCUT2D eigenvalue weighted by molar-refractivity contribution is 6.30. The number of halogens is 1. The molecule has 1 aliphatic rings. The first kappa shape index (κ1) is 18.5. The second kappa shape index (κ2) is 8.37. The summed E-state index contributed by atoms with van der Waals surface area (Å²) < 4.78 is 0. The Morgan fingerprint density at radius 3 is 2.42 bits per heavy atom. The molecular formula is C21H23ClN2O2. The van der Waals surface area contributed by atoms with Crippen molar-refractivity contribution in [2.45, 2.75) is 19.8 Å². The van der Waals surface area contributed by atoms with Gasteiger partial charge in [0.15, 0.2) is 0 Å². The number of benzene rings is 2. The van der Waals surface area contributed by atoms with Gasteiger partial charge >= 0.3 is 0 Å². The fraction of sp³-hybridized carbons (Fsp3) is 0.333. The van der Waals surface area contributed by atoms with Crippen LogP contribution in [0.2, 0.25) is 5.02 Å². The Bertz CT molecular complexity index is 761. The van der Waals surface area contributed by atoms with Crippen LogP contribution in [0.25, 0.3) is 0 Å². The Morgan fingerprint density at radius 1 is 1.08 bits per heavy atom. The van der Waals surface area contributed by atoms with Crippen molar-refractivity contribution in [3.05, 3.63) is 65.2 Å². The smallest absolute Gasteiger partial charge is 0.230 e. The van der Waals surface area contributed by atoms with Crippen LogP contribution in [0, 0.1) is 11.8 Å². The Balaban J connectivity index is 1.48. The van der Waals surface area contributed by atoms with Gasteiger partial charge in [0, 0.05) is 23.8 Å². The zero-order chi connectivity index (χ0) is 18.5. The van der Waals surface area contributed by atoms with E-state index in [2.05, 4.69) is 5.32 Å². The molecule has 0 heterocycles. The lowest BCUT2D eigenvalue weighted by Crippen LogP contribution is -2.34. The topological polar surface area (TPSA) is 49.4 Å². The van der Waals surface area contributed by atoms with E-state index in [-0.39, 0.29) is 23.7 Å². The van der Waals surface area contributed by atoms with Crippen molar-refractivity contribution in [1.82, 2.24) is 5.32 Å². The summed E-state index contributed by atoms with van der Waals surface area (Å²) in [5.74, 6) is -0.394. The summed E-state index contributed by atoms with van der Waals surface area (Å²) in [6.45, 7) is 3.12. The highest BCUT2D eigenvalue weighted by Gasteiger charge is 2.49. The number of anilines is 1. The molecule has 1 saturated carbocycles. The lowest BCUT2D eigenvalue weighted by atomic mass is 10.1. The van der Waals surface area contributed by atoms with Crippen LogP contribution in [-0.4, -0.2) is 24.9 Å². The summed E-state index contributed by atoms with van der Waals surface area (Å²) in [4.78, 5) is 26.8. The lowest BCUT2D eigenvalue weighted by Gasteiger charge is -2.21. The molecule has 1 fully saturated rings. The summed E-state index contributed by atoms with van der Waals surface area (Å²) in [6, 6.07) is 17.2. The molecule has 2 aromatic rings. The zero-order valence-corrected chi connectivity index (χ0v) is 15.6. The highest BCUT2D eigenvalue weighted by atomic mass is 35.5. The Morgan fingerprint density at radius 2 is 1.77 bits per heavy atom. The molecule has 136 valence electrons. The van der Waals surface area contributed by atoms with E-state index in [1.54, 1.807) is 4.90 Å². The third-order valence-corrected chi connectivity index (χ3v) is 4.97. The number of hydrogen-bond acceptors (Lipinski definition) is 2. The monoisotopic (exact) mass is 370 g/mol. The quantitative estimate of drug-likeness (QED) is 0.808. The van der Waals surface area contributed by atoms with Gasteiger partial charge in [-0.25, -0.2) is 0 Å². The minimum atomic E-state index is -0.203. The zero-order valence-electron chi connectivity index (χ0n) is 14.8. The van der Waals surface area contributed by atoms with Crippen molar-refractivity contribution >= 4 is 29.1 Å². The minimum Gasteiger partial charge on any atom is -0.356 e. The van der Waals surface area contributed by atoms with Gasteiger partial charge < -0.3 is 10.2 Å². The van der Waals surface area contributed by atoms with Crippen LogP contribution in [0.15, 0.2) is 54.6 Å². The summed E-state index contributed by atoms with van der Waals surface area (Å²) in [5.41, 5.74) is 2.01. The van der Waals surface area contributed by atoms with E-state index in [0.29, 0.717) is 24.5 Å². The van der Waals surface area contributed by atoms with E-state index in [4.69, 9.17) is 11.6 Å². The second-order valence-corrected chi connectivity index (χ2v) is 6.97. The van der Waals surface area contributed by atoms with Crippen LogP contribution in [0.1, 0.15) is 18.9 Å². The molecule has 0 aliphatic heterocycles. The average Bonchev–Trinajstić information content (AvgIpc) is 3.46. The molecule has 0 bridgehead atoms. The number of nitrogens with one attached hydrogen (secondary N) is 1. The molecule has 1 N–H and O–H groups in total. The third-order valence-electron chi connectivity index (χ3n) is 4.72. The molecule has 2 amide bonds. The minimum absolute atomic E-state index is 0.0265. The average molecular weight is 371 g/mol.